The number of hydrogen-bond acceptors (Lipinski definition) is 3. The third kappa shape index (κ3) is 4.07. The van der Waals surface area contributed by atoms with E-state index >= 15 is 0 Å². The highest BCUT2D eigenvalue weighted by Crippen LogP contribution is 2.33. The van der Waals surface area contributed by atoms with Crippen LogP contribution in [0.2, 0.25) is 0 Å². The average molecular weight is 355 g/mol. The highest BCUT2D eigenvalue weighted by Gasteiger charge is 2.36. The van der Waals surface area contributed by atoms with Crippen molar-refractivity contribution in [3.05, 3.63) is 34.3 Å². The third-order valence-corrected chi connectivity index (χ3v) is 5.19. The minimum absolute atomic E-state index is 0.0562. The number of rotatable bonds is 5. The van der Waals surface area contributed by atoms with Gasteiger partial charge in [-0.15, -0.1) is 0 Å². The van der Waals surface area contributed by atoms with Gasteiger partial charge in [-0.2, -0.15) is 0 Å². The fourth-order valence-electron chi connectivity index (χ4n) is 3.26. The summed E-state index contributed by atoms with van der Waals surface area (Å²) in [5, 5.41) is 0. The zero-order chi connectivity index (χ0) is 15.5. The predicted octanol–water partition coefficient (Wildman–Crippen LogP) is 3.73. The molecule has 21 heavy (non-hydrogen) atoms. The lowest BCUT2D eigenvalue weighted by Gasteiger charge is -2.45. The molecular weight excluding hydrogens is 328 g/mol. The van der Waals surface area contributed by atoms with Gasteiger partial charge in [-0.05, 0) is 50.4 Å². The molecule has 3 nitrogen and oxygen atoms in total. The molecule has 1 heterocycles. The smallest absolute Gasteiger partial charge is 0.0777 e. The van der Waals surface area contributed by atoms with Gasteiger partial charge in [0.1, 0.15) is 0 Å². The van der Waals surface area contributed by atoms with Crippen molar-refractivity contribution < 1.29 is 4.74 Å². The minimum atomic E-state index is -0.0562. The Morgan fingerprint density at radius 3 is 2.62 bits per heavy atom. The maximum atomic E-state index is 6.45. The van der Waals surface area contributed by atoms with E-state index < -0.39 is 0 Å². The Bertz CT molecular complexity index is 451. The number of methoxy groups -OCH3 is 1. The van der Waals surface area contributed by atoms with Crippen molar-refractivity contribution in [3.8, 4) is 0 Å². The van der Waals surface area contributed by atoms with Crippen LogP contribution in [0.25, 0.3) is 0 Å². The molecule has 0 aromatic heterocycles. The molecule has 1 saturated heterocycles. The van der Waals surface area contributed by atoms with Gasteiger partial charge < -0.3 is 10.5 Å². The first kappa shape index (κ1) is 16.9. The van der Waals surface area contributed by atoms with E-state index in [1.165, 1.54) is 5.56 Å². The molecule has 2 N–H and O–H groups in total. The first-order chi connectivity index (χ1) is 9.99. The molecule has 3 atom stereocenters. The Balaban J connectivity index is 2.25. The Morgan fingerprint density at radius 1 is 1.38 bits per heavy atom. The SMILES string of the molecule is CCC(N)C(c1ccc(Br)cc1)N1CCCC(C)(OC)C1. The van der Waals surface area contributed by atoms with Crippen LogP contribution in [-0.4, -0.2) is 36.7 Å². The van der Waals surface area contributed by atoms with Gasteiger partial charge in [0, 0.05) is 30.2 Å². The molecule has 1 aromatic carbocycles. The summed E-state index contributed by atoms with van der Waals surface area (Å²) in [6.45, 7) is 6.40. The first-order valence-corrected chi connectivity index (χ1v) is 8.58. The van der Waals surface area contributed by atoms with Gasteiger partial charge >= 0.3 is 0 Å². The molecule has 0 radical (unpaired) electrons. The van der Waals surface area contributed by atoms with Crippen molar-refractivity contribution in [3.63, 3.8) is 0 Å². The third-order valence-electron chi connectivity index (χ3n) is 4.66. The lowest BCUT2D eigenvalue weighted by Crippen LogP contribution is -2.52. The van der Waals surface area contributed by atoms with E-state index in [1.54, 1.807) is 0 Å². The molecule has 1 aromatic rings. The van der Waals surface area contributed by atoms with Crippen molar-refractivity contribution >= 4 is 15.9 Å². The molecule has 1 fully saturated rings. The summed E-state index contributed by atoms with van der Waals surface area (Å²) < 4.78 is 6.84. The van der Waals surface area contributed by atoms with Gasteiger partial charge in [0.05, 0.1) is 5.60 Å². The van der Waals surface area contributed by atoms with E-state index in [4.69, 9.17) is 10.5 Å². The summed E-state index contributed by atoms with van der Waals surface area (Å²) in [6, 6.07) is 8.98. The first-order valence-electron chi connectivity index (χ1n) is 7.79. The molecule has 0 amide bonds. The van der Waals surface area contributed by atoms with Gasteiger partial charge in [-0.25, -0.2) is 0 Å². The number of benzene rings is 1. The summed E-state index contributed by atoms with van der Waals surface area (Å²) in [7, 11) is 1.82. The van der Waals surface area contributed by atoms with Crippen LogP contribution in [-0.2, 0) is 4.74 Å². The van der Waals surface area contributed by atoms with E-state index in [2.05, 4.69) is 58.9 Å². The van der Waals surface area contributed by atoms with Crippen LogP contribution in [0, 0.1) is 0 Å². The largest absolute Gasteiger partial charge is 0.377 e. The summed E-state index contributed by atoms with van der Waals surface area (Å²) in [5.41, 5.74) is 7.70. The zero-order valence-electron chi connectivity index (χ0n) is 13.3. The highest BCUT2D eigenvalue weighted by atomic mass is 79.9. The van der Waals surface area contributed by atoms with Gasteiger partial charge in [0.15, 0.2) is 0 Å². The van der Waals surface area contributed by atoms with E-state index in [1.807, 2.05) is 7.11 Å². The van der Waals surface area contributed by atoms with Gasteiger partial charge in [0.2, 0.25) is 0 Å². The van der Waals surface area contributed by atoms with Crippen molar-refractivity contribution in [2.75, 3.05) is 20.2 Å². The second kappa shape index (κ2) is 7.23. The second-order valence-corrected chi connectivity index (χ2v) is 7.21. The number of ether oxygens (including phenoxy) is 1. The lowest BCUT2D eigenvalue weighted by atomic mass is 9.89. The molecule has 4 heteroatoms. The molecule has 0 bridgehead atoms. The highest BCUT2D eigenvalue weighted by molar-refractivity contribution is 9.10. The van der Waals surface area contributed by atoms with E-state index in [0.717, 1.165) is 36.8 Å². The molecule has 3 unspecified atom stereocenters. The maximum absolute atomic E-state index is 6.45. The van der Waals surface area contributed by atoms with Crippen molar-refractivity contribution in [2.45, 2.75) is 50.8 Å². The molecule has 118 valence electrons. The van der Waals surface area contributed by atoms with Crippen LogP contribution < -0.4 is 5.73 Å². The normalized spacial score (nSPS) is 26.5. The fourth-order valence-corrected chi connectivity index (χ4v) is 3.52. The summed E-state index contributed by atoms with van der Waals surface area (Å²) in [4.78, 5) is 2.50. The topological polar surface area (TPSA) is 38.5 Å². The van der Waals surface area contributed by atoms with E-state index in [-0.39, 0.29) is 17.7 Å². The van der Waals surface area contributed by atoms with Crippen molar-refractivity contribution in [2.24, 2.45) is 5.73 Å². The number of halogens is 1. The van der Waals surface area contributed by atoms with Crippen LogP contribution in [0.3, 0.4) is 0 Å². The van der Waals surface area contributed by atoms with Gasteiger partial charge in [0.25, 0.3) is 0 Å². The van der Waals surface area contributed by atoms with Crippen LogP contribution in [0.15, 0.2) is 28.7 Å². The monoisotopic (exact) mass is 354 g/mol. The zero-order valence-corrected chi connectivity index (χ0v) is 14.9. The van der Waals surface area contributed by atoms with Gasteiger partial charge in [-0.1, -0.05) is 35.0 Å². The number of hydrogen-bond donors (Lipinski definition) is 1. The second-order valence-electron chi connectivity index (χ2n) is 6.30. The number of nitrogens with two attached hydrogens (primary N) is 1. The van der Waals surface area contributed by atoms with Crippen LogP contribution in [0.4, 0.5) is 0 Å². The molecular formula is C17H27BrN2O. The standard InChI is InChI=1S/C17H27BrN2O/c1-4-15(19)16(13-6-8-14(18)9-7-13)20-11-5-10-17(2,12-20)21-3/h6-9,15-16H,4-5,10-12,19H2,1-3H3. The van der Waals surface area contributed by atoms with Crippen molar-refractivity contribution in [1.29, 1.82) is 0 Å². The van der Waals surface area contributed by atoms with Crippen LogP contribution in [0.5, 0.6) is 0 Å². The maximum Gasteiger partial charge on any atom is 0.0777 e. The lowest BCUT2D eigenvalue weighted by molar-refractivity contribution is -0.0643. The summed E-state index contributed by atoms with van der Waals surface area (Å²) in [5.74, 6) is 0. The Morgan fingerprint density at radius 2 is 2.05 bits per heavy atom. The minimum Gasteiger partial charge on any atom is -0.377 e. The van der Waals surface area contributed by atoms with Crippen molar-refractivity contribution in [1.82, 2.24) is 4.90 Å². The number of piperidine rings is 1. The van der Waals surface area contributed by atoms with E-state index in [0.29, 0.717) is 0 Å². The van der Waals surface area contributed by atoms with Crippen LogP contribution in [0.1, 0.15) is 44.7 Å². The van der Waals surface area contributed by atoms with Gasteiger partial charge in [-0.3, -0.25) is 4.90 Å². The Kier molecular flexibility index (Phi) is 5.83. The number of likely N-dealkylation sites (tertiary alicyclic amines) is 1. The molecule has 1 aliphatic rings. The number of nitrogens with zero attached hydrogens (tertiary/aromatic N) is 1. The average Bonchev–Trinajstić information content (AvgIpc) is 2.49. The molecule has 0 saturated carbocycles. The predicted molar refractivity (Wildman–Crippen MR) is 91.4 cm³/mol. The molecule has 2 rings (SSSR count). The Labute approximate surface area is 137 Å². The summed E-state index contributed by atoms with van der Waals surface area (Å²) in [6.07, 6.45) is 3.25. The Hall–Kier alpha value is -0.420. The fraction of sp³-hybridized carbons (Fsp3) is 0.647. The van der Waals surface area contributed by atoms with E-state index in [9.17, 15) is 0 Å². The summed E-state index contributed by atoms with van der Waals surface area (Å²) >= 11 is 3.51. The molecule has 0 spiro atoms. The van der Waals surface area contributed by atoms with Crippen LogP contribution >= 0.6 is 15.9 Å². The molecule has 1 aliphatic heterocycles. The molecule has 0 aliphatic carbocycles. The quantitative estimate of drug-likeness (QED) is 0.875.